The molecule has 0 saturated carbocycles. The first-order valence-corrected chi connectivity index (χ1v) is 8.55. The average Bonchev–Trinajstić information content (AvgIpc) is 2.74. The minimum absolute atomic E-state index is 0.0841. The number of hydrogen-bond donors (Lipinski definition) is 1. The van der Waals surface area contributed by atoms with E-state index in [1.165, 1.54) is 7.11 Å². The molecule has 1 heterocycles. The van der Waals surface area contributed by atoms with Gasteiger partial charge in [-0.15, -0.1) is 0 Å². The van der Waals surface area contributed by atoms with E-state index in [2.05, 4.69) is 0 Å². The van der Waals surface area contributed by atoms with Gasteiger partial charge in [-0.2, -0.15) is 0 Å². The molecule has 1 aromatic carbocycles. The predicted octanol–water partition coefficient (Wildman–Crippen LogP) is 2.95. The summed E-state index contributed by atoms with van der Waals surface area (Å²) in [7, 11) is 1.34. The first-order chi connectivity index (χ1) is 11.7. The Morgan fingerprint density at radius 1 is 1.12 bits per heavy atom. The van der Waals surface area contributed by atoms with Gasteiger partial charge in [0.05, 0.1) is 18.8 Å². The lowest BCUT2D eigenvalue weighted by molar-refractivity contribution is 0.0250. The van der Waals surface area contributed by atoms with Crippen molar-refractivity contribution in [2.75, 3.05) is 20.2 Å². The van der Waals surface area contributed by atoms with Crippen LogP contribution in [0.4, 0.5) is 4.79 Å². The number of carbonyl (C=O) groups is 2. The number of methoxy groups -OCH3 is 1. The van der Waals surface area contributed by atoms with Crippen LogP contribution in [0.1, 0.15) is 55.5 Å². The highest BCUT2D eigenvalue weighted by Gasteiger charge is 2.30. The van der Waals surface area contributed by atoms with Crippen LogP contribution < -0.4 is 0 Å². The molecule has 0 radical (unpaired) electrons. The summed E-state index contributed by atoms with van der Waals surface area (Å²) in [6, 6.07) is 7.07. The molecule has 2 atom stereocenters. The third-order valence-corrected chi connectivity index (χ3v) is 4.28. The highest BCUT2D eigenvalue weighted by atomic mass is 16.6. The van der Waals surface area contributed by atoms with Gasteiger partial charge in [0.15, 0.2) is 0 Å². The fraction of sp³-hybridized carbons (Fsp3) is 0.579. The zero-order valence-corrected chi connectivity index (χ0v) is 15.3. The van der Waals surface area contributed by atoms with Crippen LogP contribution in [-0.2, 0) is 9.47 Å². The Hall–Kier alpha value is -2.08. The molecule has 0 aliphatic carbocycles. The van der Waals surface area contributed by atoms with Crippen LogP contribution in [0, 0.1) is 0 Å². The second-order valence-corrected chi connectivity index (χ2v) is 7.33. The lowest BCUT2D eigenvalue weighted by Crippen LogP contribution is -2.37. The van der Waals surface area contributed by atoms with Crippen molar-refractivity contribution in [1.82, 2.24) is 4.90 Å². The van der Waals surface area contributed by atoms with E-state index in [1.54, 1.807) is 17.0 Å². The summed E-state index contributed by atoms with van der Waals surface area (Å²) in [6.07, 6.45) is 0.235. The van der Waals surface area contributed by atoms with Gasteiger partial charge in [-0.05, 0) is 51.3 Å². The minimum Gasteiger partial charge on any atom is -0.465 e. The Morgan fingerprint density at radius 2 is 1.72 bits per heavy atom. The maximum atomic E-state index is 12.2. The molecular formula is C19H27NO5. The summed E-state index contributed by atoms with van der Waals surface area (Å²) in [5, 5.41) is 10.5. The van der Waals surface area contributed by atoms with Crippen LogP contribution in [0.15, 0.2) is 24.3 Å². The lowest BCUT2D eigenvalue weighted by Gasteiger charge is -2.26. The molecule has 1 N–H and O–H groups in total. The molecule has 1 aliphatic heterocycles. The summed E-state index contributed by atoms with van der Waals surface area (Å²) in [6.45, 7) is 6.50. The van der Waals surface area contributed by atoms with Crippen molar-refractivity contribution in [3.8, 4) is 0 Å². The molecule has 0 aromatic heterocycles. The number of hydrogen-bond acceptors (Lipinski definition) is 5. The average molecular weight is 349 g/mol. The van der Waals surface area contributed by atoms with Crippen molar-refractivity contribution in [2.24, 2.45) is 0 Å². The van der Waals surface area contributed by atoms with Crippen molar-refractivity contribution in [3.05, 3.63) is 35.4 Å². The number of ether oxygens (including phenoxy) is 2. The van der Waals surface area contributed by atoms with E-state index in [-0.39, 0.29) is 18.0 Å². The maximum absolute atomic E-state index is 12.2. The maximum Gasteiger partial charge on any atom is 0.410 e. The fourth-order valence-electron chi connectivity index (χ4n) is 2.97. The van der Waals surface area contributed by atoms with Crippen molar-refractivity contribution in [1.29, 1.82) is 0 Å². The molecule has 25 heavy (non-hydrogen) atoms. The van der Waals surface area contributed by atoms with E-state index in [1.807, 2.05) is 32.9 Å². The molecule has 1 saturated heterocycles. The van der Waals surface area contributed by atoms with E-state index in [4.69, 9.17) is 9.47 Å². The summed E-state index contributed by atoms with van der Waals surface area (Å²) in [5.41, 5.74) is 0.890. The number of benzene rings is 1. The number of esters is 1. The molecule has 138 valence electrons. The van der Waals surface area contributed by atoms with E-state index in [0.29, 0.717) is 31.5 Å². The van der Waals surface area contributed by atoms with Crippen molar-refractivity contribution in [3.63, 3.8) is 0 Å². The van der Waals surface area contributed by atoms with E-state index in [0.717, 1.165) is 5.56 Å². The normalized spacial score (nSPS) is 21.4. The van der Waals surface area contributed by atoms with Crippen LogP contribution in [0.2, 0.25) is 0 Å². The Balaban J connectivity index is 2.06. The fourth-order valence-corrected chi connectivity index (χ4v) is 2.97. The van der Waals surface area contributed by atoms with Crippen LogP contribution >= 0.6 is 0 Å². The molecule has 2 rings (SSSR count). The third kappa shape index (κ3) is 5.19. The van der Waals surface area contributed by atoms with Crippen molar-refractivity contribution in [2.45, 2.75) is 51.2 Å². The lowest BCUT2D eigenvalue weighted by atomic mass is 9.89. The smallest absolute Gasteiger partial charge is 0.410 e. The molecule has 0 bridgehead atoms. The molecule has 0 unspecified atom stereocenters. The van der Waals surface area contributed by atoms with Gasteiger partial charge in [-0.1, -0.05) is 12.1 Å². The van der Waals surface area contributed by atoms with Gasteiger partial charge in [0.1, 0.15) is 5.60 Å². The highest BCUT2D eigenvalue weighted by molar-refractivity contribution is 5.89. The van der Waals surface area contributed by atoms with Crippen LogP contribution in [0.25, 0.3) is 0 Å². The Labute approximate surface area is 148 Å². The van der Waals surface area contributed by atoms with Gasteiger partial charge in [0.2, 0.25) is 0 Å². The first-order valence-electron chi connectivity index (χ1n) is 8.55. The third-order valence-electron chi connectivity index (χ3n) is 4.28. The van der Waals surface area contributed by atoms with Crippen LogP contribution in [0.5, 0.6) is 0 Å². The minimum atomic E-state index is -0.545. The molecule has 1 amide bonds. The number of amides is 1. The molecule has 1 aromatic rings. The summed E-state index contributed by atoms with van der Waals surface area (Å²) >= 11 is 0. The van der Waals surface area contributed by atoms with Gasteiger partial charge >= 0.3 is 12.1 Å². The van der Waals surface area contributed by atoms with E-state index >= 15 is 0 Å². The summed E-state index contributed by atoms with van der Waals surface area (Å²) in [5.74, 6) is -0.469. The zero-order chi connectivity index (χ0) is 18.6. The highest BCUT2D eigenvalue weighted by Crippen LogP contribution is 2.29. The van der Waals surface area contributed by atoms with Gasteiger partial charge in [-0.25, -0.2) is 9.59 Å². The topological polar surface area (TPSA) is 76.1 Å². The number of rotatable bonds is 2. The quantitative estimate of drug-likeness (QED) is 0.831. The van der Waals surface area contributed by atoms with Gasteiger partial charge in [0.25, 0.3) is 0 Å². The van der Waals surface area contributed by atoms with Crippen LogP contribution in [0.3, 0.4) is 0 Å². The second-order valence-electron chi connectivity index (χ2n) is 7.33. The Bertz CT molecular complexity index is 605. The number of likely N-dealkylation sites (tertiary alicyclic amines) is 1. The van der Waals surface area contributed by atoms with E-state index in [9.17, 15) is 14.7 Å². The van der Waals surface area contributed by atoms with Gasteiger partial charge in [-0.3, -0.25) is 0 Å². The number of nitrogens with zero attached hydrogens (tertiary/aromatic N) is 1. The predicted molar refractivity (Wildman–Crippen MR) is 93.6 cm³/mol. The molecule has 1 fully saturated rings. The largest absolute Gasteiger partial charge is 0.465 e. The number of aliphatic hydroxyl groups excluding tert-OH is 1. The molecular weight excluding hydrogens is 322 g/mol. The number of carbonyl (C=O) groups excluding carboxylic acids is 2. The van der Waals surface area contributed by atoms with E-state index < -0.39 is 11.7 Å². The van der Waals surface area contributed by atoms with Crippen molar-refractivity contribution < 1.29 is 24.2 Å². The van der Waals surface area contributed by atoms with Crippen LogP contribution in [-0.4, -0.2) is 54.0 Å². The molecule has 6 heteroatoms. The van der Waals surface area contributed by atoms with Gasteiger partial charge in [0, 0.05) is 19.0 Å². The summed E-state index contributed by atoms with van der Waals surface area (Å²) < 4.78 is 10.1. The Morgan fingerprint density at radius 3 is 2.28 bits per heavy atom. The molecule has 0 spiro atoms. The number of aliphatic hydroxyl groups is 1. The Kier molecular flexibility index (Phi) is 6.06. The molecule has 1 aliphatic rings. The standard InChI is InChI=1S/C19H27NO5/c1-19(2,3)25-18(23)20-11-9-15(16(21)10-12-20)13-5-7-14(8-6-13)17(22)24-4/h5-8,15-16,21H,9-12H2,1-4H3/t15-,16-/m0/s1. The van der Waals surface area contributed by atoms with Gasteiger partial charge < -0.3 is 19.5 Å². The monoisotopic (exact) mass is 349 g/mol. The second kappa shape index (κ2) is 7.87. The van der Waals surface area contributed by atoms with Crippen molar-refractivity contribution >= 4 is 12.1 Å². The zero-order valence-electron chi connectivity index (χ0n) is 15.3. The summed E-state index contributed by atoms with van der Waals surface area (Å²) in [4.78, 5) is 25.4. The molecule has 6 nitrogen and oxygen atoms in total. The first kappa shape index (κ1) is 19.2. The SMILES string of the molecule is COC(=O)c1ccc([C@@H]2CCN(C(=O)OC(C)(C)C)CC[C@@H]2O)cc1.